The fourth-order valence-corrected chi connectivity index (χ4v) is 7.35. The number of hydrogen-bond donors (Lipinski definition) is 12. The number of nitrogens with zero attached hydrogens (tertiary/aromatic N) is 2. The molecule has 0 aliphatic carbocycles. The highest BCUT2D eigenvalue weighted by atomic mass is 16.7. The van der Waals surface area contributed by atoms with E-state index in [0.717, 1.165) is 36.1 Å². The van der Waals surface area contributed by atoms with Crippen LogP contribution in [0.25, 0.3) is 0 Å². The van der Waals surface area contributed by atoms with E-state index in [9.17, 15) is 49.5 Å². The van der Waals surface area contributed by atoms with Gasteiger partial charge in [0.05, 0.1) is 0 Å². The van der Waals surface area contributed by atoms with E-state index in [-0.39, 0.29) is 57.3 Å². The third-order valence-corrected chi connectivity index (χ3v) is 10.8. The molecule has 15 N–H and O–H groups in total. The van der Waals surface area contributed by atoms with E-state index < -0.39 is 90.5 Å². The minimum absolute atomic E-state index is 0.0376. The van der Waals surface area contributed by atoms with Crippen LogP contribution in [0.1, 0.15) is 109 Å². The van der Waals surface area contributed by atoms with Crippen molar-refractivity contribution in [2.75, 3.05) is 26.2 Å². The summed E-state index contributed by atoms with van der Waals surface area (Å²) in [5, 5.41) is 61.8. The van der Waals surface area contributed by atoms with Crippen LogP contribution in [0.15, 0.2) is 26.8 Å². The summed E-state index contributed by atoms with van der Waals surface area (Å²) in [6, 6.07) is -1.64. The number of aromatic amines is 1. The maximum absolute atomic E-state index is 13.3. The molecule has 2 aliphatic heterocycles. The Balaban J connectivity index is 1.60. The summed E-state index contributed by atoms with van der Waals surface area (Å²) in [7, 11) is 0. The van der Waals surface area contributed by atoms with Crippen LogP contribution in [0, 0.1) is 0 Å². The second-order valence-electron chi connectivity index (χ2n) is 15.6. The molecule has 0 unspecified atom stereocenters. The number of aliphatic hydroxyl groups excluding tert-OH is 4. The zero-order valence-corrected chi connectivity index (χ0v) is 35.1. The predicted molar refractivity (Wildman–Crippen MR) is 222 cm³/mol. The number of carbonyl (C=O) groups excluding carboxylic acids is 2. The number of rotatable bonds is 30. The zero-order valence-electron chi connectivity index (χ0n) is 35.1. The second-order valence-corrected chi connectivity index (χ2v) is 15.6. The van der Waals surface area contributed by atoms with Crippen molar-refractivity contribution in [1.29, 1.82) is 0 Å². The minimum Gasteiger partial charge on any atom is -0.480 e. The summed E-state index contributed by atoms with van der Waals surface area (Å²) in [5.74, 6) is -2.34. The molecule has 0 saturated carbocycles. The van der Waals surface area contributed by atoms with E-state index in [1.807, 2.05) is 4.98 Å². The average molecular weight is 872 g/mol. The van der Waals surface area contributed by atoms with Crippen LogP contribution in [-0.4, -0.2) is 146 Å². The van der Waals surface area contributed by atoms with Gasteiger partial charge in [0.25, 0.3) is 5.56 Å². The Morgan fingerprint density at radius 3 is 2.13 bits per heavy atom. The molecule has 22 heteroatoms. The number of H-pyrrole nitrogens is 1. The summed E-state index contributed by atoms with van der Waals surface area (Å²) in [5.41, 5.74) is 14.8. The van der Waals surface area contributed by atoms with Gasteiger partial charge in [0.2, 0.25) is 11.8 Å². The standard InChI is InChI=1S/C39H69N9O13/c1-2-3-4-5-6-7-8-9-10-11-12-16-25(49)46-23(15-13-18-45-38(41)42)34(55)44-20-14-19-43-27(36(56)57)32(61-37-31(54)28(51)24(22-40)59-37)33-29(52)30(53)35(60-33)48-21-17-26(50)47-39(48)58/h17,21,23-24,27-33,35,37,43,51-54H,2-16,18-20,22,40H2,1H3,(H,44,55)(H,46,49)(H,56,57)(H4,41,42,45)(H,47,50,58)/t23-,24+,27-,28+,29-,30+,31+,32-,33-,35+,37-/m0/s1. The van der Waals surface area contributed by atoms with Gasteiger partial charge in [-0.05, 0) is 32.2 Å². The van der Waals surface area contributed by atoms with Gasteiger partial charge in [-0.25, -0.2) is 4.79 Å². The first-order valence-electron chi connectivity index (χ1n) is 21.5. The molecular formula is C39H69N9O13. The molecule has 1 aromatic heterocycles. The molecule has 3 heterocycles. The van der Waals surface area contributed by atoms with Gasteiger partial charge in [-0.3, -0.25) is 33.7 Å². The Morgan fingerprint density at radius 2 is 1.54 bits per heavy atom. The van der Waals surface area contributed by atoms with Crippen molar-refractivity contribution >= 4 is 23.7 Å². The monoisotopic (exact) mass is 872 g/mol. The number of unbranched alkanes of at least 4 members (excludes halogenated alkanes) is 10. The van der Waals surface area contributed by atoms with Crippen LogP contribution in [0.3, 0.4) is 0 Å². The fraction of sp³-hybridized carbons (Fsp3) is 0.795. The van der Waals surface area contributed by atoms with Crippen LogP contribution in [0.4, 0.5) is 0 Å². The molecule has 2 aliphatic rings. The van der Waals surface area contributed by atoms with Crippen molar-refractivity contribution in [3.8, 4) is 0 Å². The molecule has 2 saturated heterocycles. The molecule has 11 atom stereocenters. The summed E-state index contributed by atoms with van der Waals surface area (Å²) in [4.78, 5) is 69.0. The topological polar surface area (TPSA) is 361 Å². The number of aliphatic hydroxyl groups is 4. The summed E-state index contributed by atoms with van der Waals surface area (Å²) in [6.07, 6.45) is -0.0807. The first-order valence-corrected chi connectivity index (χ1v) is 21.5. The van der Waals surface area contributed by atoms with E-state index in [1.165, 1.54) is 44.9 Å². The summed E-state index contributed by atoms with van der Waals surface area (Å²) in [6.45, 7) is 2.19. The fourth-order valence-electron chi connectivity index (χ4n) is 7.35. The third kappa shape index (κ3) is 16.7. The third-order valence-electron chi connectivity index (χ3n) is 10.8. The first kappa shape index (κ1) is 51.4. The lowest BCUT2D eigenvalue weighted by Gasteiger charge is -2.33. The number of aliphatic imine (C=N–C) groups is 1. The molecule has 3 rings (SSSR count). The maximum atomic E-state index is 13.3. The molecule has 0 radical (unpaired) electrons. The highest BCUT2D eigenvalue weighted by Crippen LogP contribution is 2.34. The Labute approximate surface area is 355 Å². The van der Waals surface area contributed by atoms with E-state index in [2.05, 4.69) is 27.9 Å². The largest absolute Gasteiger partial charge is 0.480 e. The van der Waals surface area contributed by atoms with Gasteiger partial charge in [0, 0.05) is 38.3 Å². The summed E-state index contributed by atoms with van der Waals surface area (Å²) < 4.78 is 18.0. The van der Waals surface area contributed by atoms with Crippen molar-refractivity contribution < 1.29 is 54.1 Å². The first-order chi connectivity index (χ1) is 29.2. The van der Waals surface area contributed by atoms with Crippen LogP contribution in [0.5, 0.6) is 0 Å². The van der Waals surface area contributed by atoms with Gasteiger partial charge in [0.15, 0.2) is 18.5 Å². The van der Waals surface area contributed by atoms with E-state index in [1.54, 1.807) is 0 Å². The Kier molecular flexibility index (Phi) is 22.8. The number of carboxylic acid groups (broad SMARTS) is 1. The lowest BCUT2D eigenvalue weighted by atomic mass is 9.98. The van der Waals surface area contributed by atoms with Crippen LogP contribution in [0.2, 0.25) is 0 Å². The molecule has 2 fully saturated rings. The number of nitrogens with one attached hydrogen (secondary N) is 4. The van der Waals surface area contributed by atoms with Crippen molar-refractivity contribution in [2.45, 2.75) is 171 Å². The molecular weight excluding hydrogens is 802 g/mol. The normalized spacial score (nSPS) is 25.1. The lowest BCUT2D eigenvalue weighted by molar-refractivity contribution is -0.228. The quantitative estimate of drug-likeness (QED) is 0.0220. The number of guanidine groups is 1. The SMILES string of the molecule is CCCCCCCCCCCCCC(=O)N[C@@H](CCCN=C(N)N)C(=O)NCCCN[C@H](C(=O)O)[C@H](O[C@@H]1O[C@H](CN)[C@@H](O)[C@H]1O)[C@H]1O[C@@H](n2ccc(=O)[nH]c2=O)[C@H](O)[C@@H]1O. The Morgan fingerprint density at radius 1 is 0.885 bits per heavy atom. The van der Waals surface area contributed by atoms with Gasteiger partial charge < -0.3 is 72.9 Å². The van der Waals surface area contributed by atoms with Crippen LogP contribution in [-0.2, 0) is 28.6 Å². The molecule has 2 amide bonds. The molecule has 0 aromatic carbocycles. The predicted octanol–water partition coefficient (Wildman–Crippen LogP) is -2.27. The number of aliphatic carboxylic acids is 1. The number of hydrogen-bond acceptors (Lipinski definition) is 15. The van der Waals surface area contributed by atoms with Gasteiger partial charge in [-0.1, -0.05) is 71.1 Å². The van der Waals surface area contributed by atoms with Crippen LogP contribution >= 0.6 is 0 Å². The van der Waals surface area contributed by atoms with Gasteiger partial charge >= 0.3 is 11.7 Å². The van der Waals surface area contributed by atoms with Gasteiger partial charge in [0.1, 0.15) is 54.8 Å². The minimum atomic E-state index is -1.88. The molecule has 61 heavy (non-hydrogen) atoms. The van der Waals surface area contributed by atoms with Crippen molar-refractivity contribution in [1.82, 2.24) is 25.5 Å². The average Bonchev–Trinajstić information content (AvgIpc) is 3.66. The highest BCUT2D eigenvalue weighted by Gasteiger charge is 2.54. The Hall–Kier alpha value is -4.00. The van der Waals surface area contributed by atoms with E-state index >= 15 is 0 Å². The van der Waals surface area contributed by atoms with Gasteiger partial charge in [-0.2, -0.15) is 0 Å². The number of amides is 2. The molecule has 0 bridgehead atoms. The number of nitrogens with two attached hydrogens (primary N) is 3. The van der Waals surface area contributed by atoms with E-state index in [4.69, 9.17) is 31.4 Å². The number of carboxylic acids is 1. The molecule has 0 spiro atoms. The van der Waals surface area contributed by atoms with Crippen molar-refractivity contribution in [3.63, 3.8) is 0 Å². The van der Waals surface area contributed by atoms with Crippen molar-refractivity contribution in [2.24, 2.45) is 22.2 Å². The Bertz CT molecular complexity index is 1630. The smallest absolute Gasteiger partial charge is 0.330 e. The molecule has 22 nitrogen and oxygen atoms in total. The van der Waals surface area contributed by atoms with E-state index in [0.29, 0.717) is 12.8 Å². The highest BCUT2D eigenvalue weighted by molar-refractivity contribution is 5.87. The summed E-state index contributed by atoms with van der Waals surface area (Å²) >= 11 is 0. The lowest BCUT2D eigenvalue weighted by Crippen LogP contribution is -2.57. The van der Waals surface area contributed by atoms with Crippen LogP contribution < -0.4 is 44.4 Å². The second kappa shape index (κ2) is 27.1. The number of aromatic nitrogens is 2. The molecule has 348 valence electrons. The molecule has 1 aromatic rings. The number of ether oxygens (including phenoxy) is 3. The zero-order chi connectivity index (χ0) is 44.9. The number of carbonyl (C=O) groups is 3. The maximum Gasteiger partial charge on any atom is 0.330 e. The van der Waals surface area contributed by atoms with Crippen molar-refractivity contribution in [3.05, 3.63) is 33.1 Å². The van der Waals surface area contributed by atoms with Gasteiger partial charge in [-0.15, -0.1) is 0 Å².